The Bertz CT molecular complexity index is 63.9. The van der Waals surface area contributed by atoms with E-state index in [4.69, 9.17) is 0 Å². The molecular formula is C7H17NS. The van der Waals surface area contributed by atoms with Crippen molar-refractivity contribution in [3.05, 3.63) is 0 Å². The molecule has 0 aliphatic heterocycles. The summed E-state index contributed by atoms with van der Waals surface area (Å²) < 4.78 is 0. The summed E-state index contributed by atoms with van der Waals surface area (Å²) in [6.07, 6.45) is 3.47. The Kier molecular flexibility index (Phi) is 5.30. The molecule has 0 aromatic carbocycles. The van der Waals surface area contributed by atoms with Crippen molar-refractivity contribution < 1.29 is 0 Å². The Hall–Kier alpha value is 0.310. The Labute approximate surface area is 62.8 Å². The lowest BCUT2D eigenvalue weighted by Crippen LogP contribution is -2.16. The highest BCUT2D eigenvalue weighted by Gasteiger charge is 1.98. The summed E-state index contributed by atoms with van der Waals surface area (Å²) in [5, 5.41) is 0.812. The van der Waals surface area contributed by atoms with Gasteiger partial charge in [0.2, 0.25) is 0 Å². The SMILES string of the molecule is CSC(C)CCN(C)C. The van der Waals surface area contributed by atoms with Gasteiger partial charge in [-0.05, 0) is 33.3 Å². The molecule has 0 bridgehead atoms. The van der Waals surface area contributed by atoms with Crippen molar-refractivity contribution in [1.82, 2.24) is 4.90 Å². The first-order valence-corrected chi connectivity index (χ1v) is 4.63. The van der Waals surface area contributed by atoms with E-state index in [1.165, 1.54) is 13.0 Å². The van der Waals surface area contributed by atoms with Crippen LogP contribution in [0.1, 0.15) is 13.3 Å². The van der Waals surface area contributed by atoms with Gasteiger partial charge in [0.05, 0.1) is 0 Å². The maximum absolute atomic E-state index is 2.27. The van der Waals surface area contributed by atoms with Crippen molar-refractivity contribution in [1.29, 1.82) is 0 Å². The van der Waals surface area contributed by atoms with E-state index in [0.717, 1.165) is 5.25 Å². The molecule has 0 aliphatic rings. The van der Waals surface area contributed by atoms with Crippen LogP contribution in [0, 0.1) is 0 Å². The fourth-order valence-corrected chi connectivity index (χ4v) is 0.899. The van der Waals surface area contributed by atoms with Crippen LogP contribution in [0.4, 0.5) is 0 Å². The van der Waals surface area contributed by atoms with Crippen molar-refractivity contribution in [2.75, 3.05) is 26.9 Å². The van der Waals surface area contributed by atoms with Gasteiger partial charge in [-0.1, -0.05) is 6.92 Å². The molecule has 0 amide bonds. The third kappa shape index (κ3) is 6.19. The van der Waals surface area contributed by atoms with E-state index in [9.17, 15) is 0 Å². The summed E-state index contributed by atoms with van der Waals surface area (Å²) >= 11 is 1.94. The highest BCUT2D eigenvalue weighted by molar-refractivity contribution is 7.99. The van der Waals surface area contributed by atoms with Gasteiger partial charge in [-0.15, -0.1) is 0 Å². The zero-order valence-electron chi connectivity index (χ0n) is 6.85. The second kappa shape index (κ2) is 5.12. The van der Waals surface area contributed by atoms with Gasteiger partial charge in [0.1, 0.15) is 0 Å². The van der Waals surface area contributed by atoms with Crippen molar-refractivity contribution in [2.45, 2.75) is 18.6 Å². The average molecular weight is 147 g/mol. The molecule has 56 valence electrons. The largest absolute Gasteiger partial charge is 0.309 e. The fraction of sp³-hybridized carbons (Fsp3) is 1.00. The predicted octanol–water partition coefficient (Wildman–Crippen LogP) is 1.69. The summed E-state index contributed by atoms with van der Waals surface area (Å²) in [6.45, 7) is 3.48. The van der Waals surface area contributed by atoms with E-state index in [2.05, 4.69) is 32.2 Å². The van der Waals surface area contributed by atoms with Crippen LogP contribution in [0.3, 0.4) is 0 Å². The van der Waals surface area contributed by atoms with Crippen molar-refractivity contribution in [3.8, 4) is 0 Å². The molecule has 0 spiro atoms. The Morgan fingerprint density at radius 3 is 2.33 bits per heavy atom. The smallest absolute Gasteiger partial charge is 0.00280 e. The number of hydrogen-bond donors (Lipinski definition) is 0. The molecule has 0 fully saturated rings. The molecule has 1 atom stereocenters. The molecule has 0 heterocycles. The predicted molar refractivity (Wildman–Crippen MR) is 46.1 cm³/mol. The second-order valence-corrected chi connectivity index (χ2v) is 3.91. The standard InChI is InChI=1S/C7H17NS/c1-7(9-4)5-6-8(2)3/h7H,5-6H2,1-4H3. The van der Waals surface area contributed by atoms with Gasteiger partial charge < -0.3 is 4.90 Å². The molecule has 0 saturated carbocycles. The van der Waals surface area contributed by atoms with Gasteiger partial charge in [-0.25, -0.2) is 0 Å². The molecule has 1 nitrogen and oxygen atoms in total. The van der Waals surface area contributed by atoms with Crippen LogP contribution in [0.5, 0.6) is 0 Å². The quantitative estimate of drug-likeness (QED) is 0.595. The molecule has 9 heavy (non-hydrogen) atoms. The van der Waals surface area contributed by atoms with Gasteiger partial charge in [0, 0.05) is 5.25 Å². The van der Waals surface area contributed by atoms with Gasteiger partial charge in [0.25, 0.3) is 0 Å². The summed E-state index contributed by atoms with van der Waals surface area (Å²) in [5.74, 6) is 0. The second-order valence-electron chi connectivity index (χ2n) is 2.64. The third-order valence-corrected chi connectivity index (χ3v) is 2.43. The molecule has 0 aromatic heterocycles. The number of nitrogens with zero attached hydrogens (tertiary/aromatic N) is 1. The van der Waals surface area contributed by atoms with E-state index in [-0.39, 0.29) is 0 Å². The van der Waals surface area contributed by atoms with E-state index in [0.29, 0.717) is 0 Å². The fourth-order valence-electron chi connectivity index (χ4n) is 0.558. The van der Waals surface area contributed by atoms with E-state index < -0.39 is 0 Å². The summed E-state index contributed by atoms with van der Waals surface area (Å²) in [7, 11) is 4.24. The molecular weight excluding hydrogens is 130 g/mol. The molecule has 0 N–H and O–H groups in total. The summed E-state index contributed by atoms with van der Waals surface area (Å²) in [6, 6.07) is 0. The first-order chi connectivity index (χ1) is 4.16. The van der Waals surface area contributed by atoms with E-state index in [1.54, 1.807) is 0 Å². The highest BCUT2D eigenvalue weighted by atomic mass is 32.2. The van der Waals surface area contributed by atoms with Crippen LogP contribution in [0.15, 0.2) is 0 Å². The Morgan fingerprint density at radius 2 is 2.00 bits per heavy atom. The van der Waals surface area contributed by atoms with Gasteiger partial charge >= 0.3 is 0 Å². The lowest BCUT2D eigenvalue weighted by molar-refractivity contribution is 0.400. The zero-order chi connectivity index (χ0) is 7.28. The lowest BCUT2D eigenvalue weighted by Gasteiger charge is -2.12. The van der Waals surface area contributed by atoms with Crippen molar-refractivity contribution in [2.24, 2.45) is 0 Å². The molecule has 0 radical (unpaired) electrons. The maximum atomic E-state index is 2.27. The molecule has 0 aromatic rings. The van der Waals surface area contributed by atoms with Crippen LogP contribution in [-0.2, 0) is 0 Å². The van der Waals surface area contributed by atoms with Gasteiger partial charge in [-0.3, -0.25) is 0 Å². The number of hydrogen-bond acceptors (Lipinski definition) is 2. The average Bonchev–Trinajstić information content (AvgIpc) is 1.83. The number of rotatable bonds is 4. The minimum atomic E-state index is 0.812. The number of thioether (sulfide) groups is 1. The Balaban J connectivity index is 3.06. The van der Waals surface area contributed by atoms with Crippen LogP contribution < -0.4 is 0 Å². The minimum Gasteiger partial charge on any atom is -0.309 e. The molecule has 0 aliphatic carbocycles. The highest BCUT2D eigenvalue weighted by Crippen LogP contribution is 2.08. The molecule has 0 saturated heterocycles. The maximum Gasteiger partial charge on any atom is 0.00280 e. The van der Waals surface area contributed by atoms with Crippen molar-refractivity contribution in [3.63, 3.8) is 0 Å². The van der Waals surface area contributed by atoms with Crippen LogP contribution in [0.2, 0.25) is 0 Å². The van der Waals surface area contributed by atoms with Crippen LogP contribution in [0.25, 0.3) is 0 Å². The normalized spacial score (nSPS) is 14.3. The first-order valence-electron chi connectivity index (χ1n) is 3.34. The van der Waals surface area contributed by atoms with E-state index in [1.807, 2.05) is 11.8 Å². The topological polar surface area (TPSA) is 3.24 Å². The summed E-state index contributed by atoms with van der Waals surface area (Å²) in [5.41, 5.74) is 0. The monoisotopic (exact) mass is 147 g/mol. The third-order valence-electron chi connectivity index (χ3n) is 1.39. The zero-order valence-corrected chi connectivity index (χ0v) is 7.66. The first kappa shape index (κ1) is 9.31. The summed E-state index contributed by atoms with van der Waals surface area (Å²) in [4.78, 5) is 2.23. The van der Waals surface area contributed by atoms with Crippen LogP contribution in [-0.4, -0.2) is 37.0 Å². The van der Waals surface area contributed by atoms with Gasteiger partial charge in [-0.2, -0.15) is 11.8 Å². The molecule has 1 unspecified atom stereocenters. The minimum absolute atomic E-state index is 0.812. The Morgan fingerprint density at radius 1 is 1.44 bits per heavy atom. The van der Waals surface area contributed by atoms with E-state index >= 15 is 0 Å². The van der Waals surface area contributed by atoms with Crippen molar-refractivity contribution >= 4 is 11.8 Å². The molecule has 2 heteroatoms. The lowest BCUT2D eigenvalue weighted by atomic mass is 10.3. The van der Waals surface area contributed by atoms with Crippen LogP contribution >= 0.6 is 11.8 Å². The molecule has 0 rings (SSSR count). The van der Waals surface area contributed by atoms with Gasteiger partial charge in [0.15, 0.2) is 0 Å².